The highest BCUT2D eigenvalue weighted by atomic mass is 16.3. The fraction of sp³-hybridized carbons (Fsp3) is 0.389. The molecule has 0 saturated carbocycles. The Bertz CT molecular complexity index is 923. The third-order valence-electron chi connectivity index (χ3n) is 4.36. The van der Waals surface area contributed by atoms with Crippen molar-refractivity contribution in [3.63, 3.8) is 0 Å². The number of imidazole rings is 1. The Morgan fingerprint density at radius 2 is 2.16 bits per heavy atom. The Morgan fingerprint density at radius 1 is 1.40 bits per heavy atom. The summed E-state index contributed by atoms with van der Waals surface area (Å²) >= 11 is 0. The summed E-state index contributed by atoms with van der Waals surface area (Å²) < 4.78 is 1.74. The standard InChI is InChI=1S/C18H23N5O2/c1-5-14-10(2)22-23(11(14)3)9-17(25)19-13-6-7-15-16(8-13)21-18(20-15)12(4)24/h6-8,12,24H,5,9H2,1-4H3,(H,19,25)(H,20,21). The molecule has 3 N–H and O–H groups in total. The Kier molecular flexibility index (Phi) is 4.59. The maximum Gasteiger partial charge on any atom is 0.246 e. The number of aromatic amines is 1. The number of rotatable bonds is 5. The molecule has 7 heteroatoms. The van der Waals surface area contributed by atoms with E-state index in [0.717, 1.165) is 28.8 Å². The van der Waals surface area contributed by atoms with E-state index in [1.807, 2.05) is 26.0 Å². The summed E-state index contributed by atoms with van der Waals surface area (Å²) in [5.74, 6) is 0.371. The molecule has 0 aliphatic rings. The van der Waals surface area contributed by atoms with Crippen molar-refractivity contribution in [3.05, 3.63) is 41.0 Å². The molecule has 1 unspecified atom stereocenters. The number of anilines is 1. The van der Waals surface area contributed by atoms with Crippen LogP contribution in [0.3, 0.4) is 0 Å². The van der Waals surface area contributed by atoms with Gasteiger partial charge >= 0.3 is 0 Å². The molecular weight excluding hydrogens is 318 g/mol. The first-order valence-corrected chi connectivity index (χ1v) is 8.39. The van der Waals surface area contributed by atoms with Gasteiger partial charge in [0.25, 0.3) is 0 Å². The number of H-pyrrole nitrogens is 1. The monoisotopic (exact) mass is 341 g/mol. The number of hydrogen-bond donors (Lipinski definition) is 3. The van der Waals surface area contributed by atoms with Crippen LogP contribution in [0.5, 0.6) is 0 Å². The lowest BCUT2D eigenvalue weighted by Crippen LogP contribution is -2.20. The predicted molar refractivity (Wildman–Crippen MR) is 96.4 cm³/mol. The lowest BCUT2D eigenvalue weighted by molar-refractivity contribution is -0.116. The minimum atomic E-state index is -0.663. The van der Waals surface area contributed by atoms with Crippen LogP contribution in [0.2, 0.25) is 0 Å². The van der Waals surface area contributed by atoms with Gasteiger partial charge in [0, 0.05) is 11.4 Å². The molecular formula is C18H23N5O2. The molecule has 0 aliphatic carbocycles. The summed E-state index contributed by atoms with van der Waals surface area (Å²) in [5, 5.41) is 16.9. The average Bonchev–Trinajstić information content (AvgIpc) is 3.08. The summed E-state index contributed by atoms with van der Waals surface area (Å²) in [5.41, 5.74) is 5.39. The third-order valence-corrected chi connectivity index (χ3v) is 4.36. The van der Waals surface area contributed by atoms with Crippen molar-refractivity contribution in [1.82, 2.24) is 19.7 Å². The lowest BCUT2D eigenvalue weighted by atomic mass is 10.1. The first-order valence-electron chi connectivity index (χ1n) is 8.39. The Labute approximate surface area is 146 Å². The van der Waals surface area contributed by atoms with Crippen LogP contribution in [0.25, 0.3) is 11.0 Å². The van der Waals surface area contributed by atoms with Crippen molar-refractivity contribution in [3.8, 4) is 0 Å². The lowest BCUT2D eigenvalue weighted by Gasteiger charge is -2.07. The third kappa shape index (κ3) is 3.41. The van der Waals surface area contributed by atoms with Crippen molar-refractivity contribution >= 4 is 22.6 Å². The topological polar surface area (TPSA) is 95.8 Å². The highest BCUT2D eigenvalue weighted by Crippen LogP contribution is 2.20. The highest BCUT2D eigenvalue weighted by Gasteiger charge is 2.13. The van der Waals surface area contributed by atoms with Gasteiger partial charge in [0.15, 0.2) is 0 Å². The van der Waals surface area contributed by atoms with E-state index in [-0.39, 0.29) is 12.5 Å². The minimum Gasteiger partial charge on any atom is -0.385 e. The molecule has 2 aromatic heterocycles. The van der Waals surface area contributed by atoms with Gasteiger partial charge in [0.1, 0.15) is 18.5 Å². The molecule has 0 bridgehead atoms. The van der Waals surface area contributed by atoms with Crippen LogP contribution in [-0.4, -0.2) is 30.8 Å². The van der Waals surface area contributed by atoms with Crippen molar-refractivity contribution < 1.29 is 9.90 Å². The largest absolute Gasteiger partial charge is 0.385 e. The van der Waals surface area contributed by atoms with Gasteiger partial charge < -0.3 is 15.4 Å². The minimum absolute atomic E-state index is 0.136. The zero-order valence-corrected chi connectivity index (χ0v) is 14.9. The van der Waals surface area contributed by atoms with Crippen LogP contribution in [0.4, 0.5) is 5.69 Å². The van der Waals surface area contributed by atoms with Gasteiger partial charge in [0.05, 0.1) is 16.7 Å². The summed E-state index contributed by atoms with van der Waals surface area (Å²) in [6.45, 7) is 7.86. The van der Waals surface area contributed by atoms with E-state index in [9.17, 15) is 9.90 Å². The first kappa shape index (κ1) is 17.2. The van der Waals surface area contributed by atoms with E-state index >= 15 is 0 Å². The number of aromatic nitrogens is 4. The Hall–Kier alpha value is -2.67. The maximum atomic E-state index is 12.4. The van der Waals surface area contributed by atoms with Gasteiger partial charge in [-0.05, 0) is 51.0 Å². The van der Waals surface area contributed by atoms with Gasteiger partial charge in [0.2, 0.25) is 5.91 Å². The van der Waals surface area contributed by atoms with Crippen LogP contribution < -0.4 is 5.32 Å². The molecule has 1 amide bonds. The summed E-state index contributed by atoms with van der Waals surface area (Å²) in [6.07, 6.45) is 0.241. The molecule has 0 spiro atoms. The van der Waals surface area contributed by atoms with Crippen LogP contribution in [0, 0.1) is 13.8 Å². The zero-order valence-electron chi connectivity index (χ0n) is 14.9. The van der Waals surface area contributed by atoms with Gasteiger partial charge in [-0.3, -0.25) is 9.48 Å². The number of nitrogens with zero attached hydrogens (tertiary/aromatic N) is 3. The molecule has 0 fully saturated rings. The number of fused-ring (bicyclic) bond motifs is 1. The van der Waals surface area contributed by atoms with Crippen LogP contribution in [0.15, 0.2) is 18.2 Å². The molecule has 25 heavy (non-hydrogen) atoms. The van der Waals surface area contributed by atoms with Crippen molar-refractivity contribution in [1.29, 1.82) is 0 Å². The van der Waals surface area contributed by atoms with E-state index in [1.54, 1.807) is 17.7 Å². The highest BCUT2D eigenvalue weighted by molar-refractivity contribution is 5.92. The van der Waals surface area contributed by atoms with E-state index < -0.39 is 6.10 Å². The Balaban J connectivity index is 1.75. The molecule has 0 radical (unpaired) electrons. The maximum absolute atomic E-state index is 12.4. The van der Waals surface area contributed by atoms with E-state index in [0.29, 0.717) is 11.5 Å². The van der Waals surface area contributed by atoms with E-state index in [4.69, 9.17) is 0 Å². The number of nitrogens with one attached hydrogen (secondary N) is 2. The second-order valence-corrected chi connectivity index (χ2v) is 6.24. The molecule has 3 rings (SSSR count). The Morgan fingerprint density at radius 3 is 2.80 bits per heavy atom. The van der Waals surface area contributed by atoms with Crippen LogP contribution >= 0.6 is 0 Å². The number of aryl methyl sites for hydroxylation is 1. The second kappa shape index (κ2) is 6.68. The molecule has 1 atom stereocenters. The summed E-state index contributed by atoms with van der Waals surface area (Å²) in [4.78, 5) is 19.7. The molecule has 7 nitrogen and oxygen atoms in total. The van der Waals surface area contributed by atoms with E-state index in [2.05, 4.69) is 27.3 Å². The molecule has 1 aromatic carbocycles. The first-order chi connectivity index (χ1) is 11.9. The van der Waals surface area contributed by atoms with Crippen molar-refractivity contribution in [2.24, 2.45) is 0 Å². The molecule has 2 heterocycles. The second-order valence-electron chi connectivity index (χ2n) is 6.24. The molecule has 3 aromatic rings. The number of carbonyl (C=O) groups is 1. The molecule has 0 aliphatic heterocycles. The number of aliphatic hydroxyl groups is 1. The van der Waals surface area contributed by atoms with Gasteiger partial charge in [-0.25, -0.2) is 4.98 Å². The number of aliphatic hydroxyl groups excluding tert-OH is 1. The summed E-state index contributed by atoms with van der Waals surface area (Å²) in [7, 11) is 0. The van der Waals surface area contributed by atoms with Gasteiger partial charge in [-0.1, -0.05) is 6.92 Å². The van der Waals surface area contributed by atoms with Crippen molar-refractivity contribution in [2.75, 3.05) is 5.32 Å². The number of benzene rings is 1. The SMILES string of the molecule is CCc1c(C)nn(CC(=O)Nc2ccc3nc(C(C)O)[nH]c3c2)c1C. The summed E-state index contributed by atoms with van der Waals surface area (Å²) in [6, 6.07) is 5.42. The number of amides is 1. The smallest absolute Gasteiger partial charge is 0.246 e. The van der Waals surface area contributed by atoms with Crippen molar-refractivity contribution in [2.45, 2.75) is 46.8 Å². The fourth-order valence-corrected chi connectivity index (χ4v) is 3.04. The molecule has 132 valence electrons. The number of hydrogen-bond acceptors (Lipinski definition) is 4. The normalized spacial score (nSPS) is 12.5. The zero-order chi connectivity index (χ0) is 18.1. The van der Waals surface area contributed by atoms with Crippen LogP contribution in [-0.2, 0) is 17.8 Å². The molecule has 0 saturated heterocycles. The average molecular weight is 341 g/mol. The van der Waals surface area contributed by atoms with E-state index in [1.165, 1.54) is 5.56 Å². The van der Waals surface area contributed by atoms with Crippen LogP contribution in [0.1, 0.15) is 42.7 Å². The number of carbonyl (C=O) groups excluding carboxylic acids is 1. The van der Waals surface area contributed by atoms with Gasteiger partial charge in [-0.15, -0.1) is 0 Å². The quantitative estimate of drug-likeness (QED) is 0.665. The fourth-order valence-electron chi connectivity index (χ4n) is 3.04. The predicted octanol–water partition coefficient (Wildman–Crippen LogP) is 2.63. The van der Waals surface area contributed by atoms with Gasteiger partial charge in [-0.2, -0.15) is 5.10 Å².